The maximum atomic E-state index is 10.8. The summed E-state index contributed by atoms with van der Waals surface area (Å²) in [5, 5.41) is 19.7. The van der Waals surface area contributed by atoms with Crippen LogP contribution in [0.4, 0.5) is 0 Å². The fourth-order valence-electron chi connectivity index (χ4n) is 1.53. The van der Waals surface area contributed by atoms with Gasteiger partial charge in [0.25, 0.3) is 0 Å². The van der Waals surface area contributed by atoms with Crippen molar-refractivity contribution >= 4 is 16.9 Å². The zero-order chi connectivity index (χ0) is 14.4. The number of aliphatic hydroxyl groups is 2. The minimum Gasteiger partial charge on any atom is -0.491 e. The number of aliphatic hydroxyl groups excluding tert-OH is 2. The standard InChI is InChI=1S/C14H20O4S/c1-9(2)18-12-6-4-11(5-7-12)14(17)13(16)8-19-10(3)15/h4-7,9,13-14,16-17H,8H2,1-3H3. The molecule has 0 spiro atoms. The van der Waals surface area contributed by atoms with Crippen LogP contribution >= 0.6 is 11.8 Å². The second kappa shape index (κ2) is 7.53. The van der Waals surface area contributed by atoms with Gasteiger partial charge in [-0.15, -0.1) is 0 Å². The molecule has 1 rings (SSSR count). The molecule has 0 aliphatic carbocycles. The monoisotopic (exact) mass is 284 g/mol. The minimum atomic E-state index is -1.00. The van der Waals surface area contributed by atoms with Crippen molar-refractivity contribution in [1.82, 2.24) is 0 Å². The second-order valence-electron chi connectivity index (χ2n) is 4.55. The summed E-state index contributed by atoms with van der Waals surface area (Å²) in [5.41, 5.74) is 0.604. The Hall–Kier alpha value is -1.04. The van der Waals surface area contributed by atoms with E-state index in [0.717, 1.165) is 17.5 Å². The van der Waals surface area contributed by atoms with Crippen LogP contribution < -0.4 is 4.74 Å². The van der Waals surface area contributed by atoms with Crippen LogP contribution in [0.1, 0.15) is 32.4 Å². The molecular formula is C14H20O4S. The van der Waals surface area contributed by atoms with Crippen molar-refractivity contribution in [3.05, 3.63) is 29.8 Å². The Morgan fingerprint density at radius 2 is 1.84 bits per heavy atom. The van der Waals surface area contributed by atoms with Gasteiger partial charge in [-0.2, -0.15) is 0 Å². The van der Waals surface area contributed by atoms with Gasteiger partial charge in [0.1, 0.15) is 11.9 Å². The van der Waals surface area contributed by atoms with Gasteiger partial charge in [-0.05, 0) is 31.5 Å². The molecule has 0 aliphatic heterocycles. The lowest BCUT2D eigenvalue weighted by molar-refractivity contribution is -0.109. The van der Waals surface area contributed by atoms with Crippen LogP contribution in [0.3, 0.4) is 0 Å². The fourth-order valence-corrected chi connectivity index (χ4v) is 2.12. The van der Waals surface area contributed by atoms with Gasteiger partial charge in [0.05, 0.1) is 12.2 Å². The number of carbonyl (C=O) groups is 1. The summed E-state index contributed by atoms with van der Waals surface area (Å²) in [6, 6.07) is 6.93. The van der Waals surface area contributed by atoms with Crippen LogP contribution in [0.5, 0.6) is 5.75 Å². The molecule has 2 unspecified atom stereocenters. The third kappa shape index (κ3) is 5.63. The van der Waals surface area contributed by atoms with E-state index in [-0.39, 0.29) is 17.0 Å². The Bertz CT molecular complexity index is 402. The van der Waals surface area contributed by atoms with E-state index in [1.807, 2.05) is 13.8 Å². The summed E-state index contributed by atoms with van der Waals surface area (Å²) in [6.45, 7) is 5.30. The Labute approximate surface area is 117 Å². The summed E-state index contributed by atoms with van der Waals surface area (Å²) in [5.74, 6) is 0.902. The first-order valence-corrected chi connectivity index (χ1v) is 7.15. The Kier molecular flexibility index (Phi) is 6.34. The highest BCUT2D eigenvalue weighted by atomic mass is 32.2. The highest BCUT2D eigenvalue weighted by molar-refractivity contribution is 8.13. The summed E-state index contributed by atoms with van der Waals surface area (Å²) in [6.07, 6.45) is -1.88. The molecule has 0 aromatic heterocycles. The van der Waals surface area contributed by atoms with E-state index in [2.05, 4.69) is 0 Å². The van der Waals surface area contributed by atoms with Gasteiger partial charge in [0.15, 0.2) is 5.12 Å². The fraction of sp³-hybridized carbons (Fsp3) is 0.500. The van der Waals surface area contributed by atoms with Gasteiger partial charge < -0.3 is 14.9 Å². The van der Waals surface area contributed by atoms with Crippen LogP contribution in [0.2, 0.25) is 0 Å². The van der Waals surface area contributed by atoms with Gasteiger partial charge in [-0.25, -0.2) is 0 Å². The third-order valence-electron chi connectivity index (χ3n) is 2.42. The molecule has 19 heavy (non-hydrogen) atoms. The van der Waals surface area contributed by atoms with Gasteiger partial charge in [0.2, 0.25) is 0 Å². The summed E-state index contributed by atoms with van der Waals surface area (Å²) in [7, 11) is 0. The van der Waals surface area contributed by atoms with Crippen molar-refractivity contribution in [2.24, 2.45) is 0 Å². The van der Waals surface area contributed by atoms with Gasteiger partial charge in [0, 0.05) is 12.7 Å². The second-order valence-corrected chi connectivity index (χ2v) is 5.75. The van der Waals surface area contributed by atoms with Crippen molar-refractivity contribution in [3.8, 4) is 5.75 Å². The quantitative estimate of drug-likeness (QED) is 0.838. The van der Waals surface area contributed by atoms with E-state index in [4.69, 9.17) is 4.74 Å². The first-order chi connectivity index (χ1) is 8.90. The minimum absolute atomic E-state index is 0.0769. The topological polar surface area (TPSA) is 66.8 Å². The number of ether oxygens (including phenoxy) is 1. The molecule has 4 nitrogen and oxygen atoms in total. The van der Waals surface area contributed by atoms with Gasteiger partial charge in [-0.3, -0.25) is 4.79 Å². The van der Waals surface area contributed by atoms with E-state index in [1.54, 1.807) is 24.3 Å². The van der Waals surface area contributed by atoms with Crippen LogP contribution in [-0.2, 0) is 4.79 Å². The van der Waals surface area contributed by atoms with Gasteiger partial charge >= 0.3 is 0 Å². The maximum Gasteiger partial charge on any atom is 0.185 e. The molecule has 0 radical (unpaired) electrons. The predicted octanol–water partition coefficient (Wildman–Crippen LogP) is 2.15. The number of thioether (sulfide) groups is 1. The van der Waals surface area contributed by atoms with E-state index >= 15 is 0 Å². The average molecular weight is 284 g/mol. The van der Waals surface area contributed by atoms with Crippen LogP contribution in [-0.4, -0.2) is 33.3 Å². The third-order valence-corrected chi connectivity index (χ3v) is 3.33. The van der Waals surface area contributed by atoms with Crippen molar-refractivity contribution in [3.63, 3.8) is 0 Å². The van der Waals surface area contributed by atoms with Crippen LogP contribution in [0, 0.1) is 0 Å². The molecule has 1 aromatic rings. The van der Waals surface area contributed by atoms with E-state index in [9.17, 15) is 15.0 Å². The van der Waals surface area contributed by atoms with Gasteiger partial charge in [-0.1, -0.05) is 23.9 Å². The number of benzene rings is 1. The SMILES string of the molecule is CC(=O)SCC(O)C(O)c1ccc(OC(C)C)cc1. The molecule has 0 saturated heterocycles. The molecule has 106 valence electrons. The molecule has 0 heterocycles. The van der Waals surface area contributed by atoms with E-state index in [1.165, 1.54) is 6.92 Å². The van der Waals surface area contributed by atoms with Crippen molar-refractivity contribution < 1.29 is 19.7 Å². The number of hydrogen-bond acceptors (Lipinski definition) is 5. The highest BCUT2D eigenvalue weighted by Gasteiger charge is 2.19. The molecule has 2 N–H and O–H groups in total. The summed E-state index contributed by atoms with van der Waals surface area (Å²) >= 11 is 1.00. The normalized spacial score (nSPS) is 14.2. The Balaban J connectivity index is 2.61. The summed E-state index contributed by atoms with van der Waals surface area (Å²) in [4.78, 5) is 10.8. The lowest BCUT2D eigenvalue weighted by atomic mass is 10.1. The van der Waals surface area contributed by atoms with E-state index < -0.39 is 12.2 Å². The molecular weight excluding hydrogens is 264 g/mol. The molecule has 0 amide bonds. The lowest BCUT2D eigenvalue weighted by Gasteiger charge is -2.18. The van der Waals surface area contributed by atoms with Crippen molar-refractivity contribution in [2.45, 2.75) is 39.1 Å². The highest BCUT2D eigenvalue weighted by Crippen LogP contribution is 2.23. The largest absolute Gasteiger partial charge is 0.491 e. The zero-order valence-electron chi connectivity index (χ0n) is 11.4. The Morgan fingerprint density at radius 1 is 1.26 bits per heavy atom. The predicted molar refractivity (Wildman–Crippen MR) is 76.3 cm³/mol. The molecule has 0 fully saturated rings. The lowest BCUT2D eigenvalue weighted by Crippen LogP contribution is -2.21. The average Bonchev–Trinajstić information content (AvgIpc) is 2.35. The maximum absolute atomic E-state index is 10.8. The van der Waals surface area contributed by atoms with Crippen LogP contribution in [0.25, 0.3) is 0 Å². The Morgan fingerprint density at radius 3 is 2.32 bits per heavy atom. The molecule has 0 saturated carbocycles. The van der Waals surface area contributed by atoms with Crippen LogP contribution in [0.15, 0.2) is 24.3 Å². The zero-order valence-corrected chi connectivity index (χ0v) is 12.2. The van der Waals surface area contributed by atoms with Crippen molar-refractivity contribution in [1.29, 1.82) is 0 Å². The molecule has 0 aliphatic rings. The first-order valence-electron chi connectivity index (χ1n) is 6.16. The molecule has 2 atom stereocenters. The number of rotatable bonds is 6. The first kappa shape index (κ1) is 16.0. The number of carbonyl (C=O) groups excluding carboxylic acids is 1. The van der Waals surface area contributed by atoms with E-state index in [0.29, 0.717) is 5.56 Å². The molecule has 5 heteroatoms. The molecule has 1 aromatic carbocycles. The molecule has 0 bridgehead atoms. The smallest absolute Gasteiger partial charge is 0.185 e. The van der Waals surface area contributed by atoms with Crippen molar-refractivity contribution in [2.75, 3.05) is 5.75 Å². The number of hydrogen-bond donors (Lipinski definition) is 2. The summed E-state index contributed by atoms with van der Waals surface area (Å²) < 4.78 is 5.50.